The number of hydrogen-bond donors (Lipinski definition) is 1. The lowest BCUT2D eigenvalue weighted by Crippen LogP contribution is -2.40. The van der Waals surface area contributed by atoms with Crippen LogP contribution in [0.5, 0.6) is 5.75 Å². The molecule has 16 heavy (non-hydrogen) atoms. The fourth-order valence-electron chi connectivity index (χ4n) is 1.61. The molecule has 2 heteroatoms. The number of benzene rings is 1. The summed E-state index contributed by atoms with van der Waals surface area (Å²) >= 11 is 0. The topological polar surface area (TPSA) is 21.3 Å². The fourth-order valence-corrected chi connectivity index (χ4v) is 1.61. The first-order valence-corrected chi connectivity index (χ1v) is 6.06. The molecule has 0 bridgehead atoms. The summed E-state index contributed by atoms with van der Waals surface area (Å²) in [6, 6.07) is 8.32. The van der Waals surface area contributed by atoms with E-state index in [-0.39, 0.29) is 5.60 Å². The van der Waals surface area contributed by atoms with Gasteiger partial charge in [-0.25, -0.2) is 0 Å². The first-order chi connectivity index (χ1) is 7.57. The normalized spacial score (nSPS) is 11.5. The molecule has 0 aliphatic carbocycles. The number of hydrogen-bond acceptors (Lipinski definition) is 2. The van der Waals surface area contributed by atoms with Crippen LogP contribution in [0, 0.1) is 0 Å². The van der Waals surface area contributed by atoms with E-state index in [9.17, 15) is 0 Å². The standard InChI is InChI=1S/C14H23NO/c1-5-12-8-7-9-13(10-12)16-14(3,4)11-15-6-2/h7-10,15H,5-6,11H2,1-4H3. The molecule has 1 rings (SSSR count). The van der Waals surface area contributed by atoms with Gasteiger partial charge in [0.15, 0.2) is 0 Å². The van der Waals surface area contributed by atoms with E-state index in [2.05, 4.69) is 51.2 Å². The number of aryl methyl sites for hydroxylation is 1. The van der Waals surface area contributed by atoms with Crippen LogP contribution >= 0.6 is 0 Å². The third-order valence-electron chi connectivity index (χ3n) is 2.50. The molecule has 0 heterocycles. The smallest absolute Gasteiger partial charge is 0.120 e. The first-order valence-electron chi connectivity index (χ1n) is 6.06. The van der Waals surface area contributed by atoms with Gasteiger partial charge in [0.2, 0.25) is 0 Å². The molecule has 1 aromatic rings. The minimum atomic E-state index is -0.164. The average molecular weight is 221 g/mol. The minimum Gasteiger partial charge on any atom is -0.487 e. The van der Waals surface area contributed by atoms with E-state index < -0.39 is 0 Å². The van der Waals surface area contributed by atoms with Gasteiger partial charge in [0.05, 0.1) is 0 Å². The quantitative estimate of drug-likeness (QED) is 0.797. The fraction of sp³-hybridized carbons (Fsp3) is 0.571. The van der Waals surface area contributed by atoms with Gasteiger partial charge in [-0.2, -0.15) is 0 Å². The van der Waals surface area contributed by atoms with Crippen molar-refractivity contribution in [3.05, 3.63) is 29.8 Å². The molecule has 0 amide bonds. The van der Waals surface area contributed by atoms with E-state index in [0.717, 1.165) is 25.3 Å². The summed E-state index contributed by atoms with van der Waals surface area (Å²) in [6.45, 7) is 10.3. The molecule has 0 radical (unpaired) electrons. The van der Waals surface area contributed by atoms with Crippen LogP contribution in [0.1, 0.15) is 33.3 Å². The van der Waals surface area contributed by atoms with Crippen LogP contribution in [0.3, 0.4) is 0 Å². The van der Waals surface area contributed by atoms with Crippen molar-refractivity contribution in [1.29, 1.82) is 0 Å². The summed E-state index contributed by atoms with van der Waals surface area (Å²) in [5.74, 6) is 0.960. The van der Waals surface area contributed by atoms with Crippen LogP contribution < -0.4 is 10.1 Å². The zero-order valence-corrected chi connectivity index (χ0v) is 10.8. The number of rotatable bonds is 6. The Balaban J connectivity index is 2.63. The van der Waals surface area contributed by atoms with Crippen LogP contribution in [-0.2, 0) is 6.42 Å². The number of ether oxygens (including phenoxy) is 1. The summed E-state index contributed by atoms with van der Waals surface area (Å²) in [4.78, 5) is 0. The number of likely N-dealkylation sites (N-methyl/N-ethyl adjacent to an activating group) is 1. The van der Waals surface area contributed by atoms with Crippen LogP contribution in [0.2, 0.25) is 0 Å². The Morgan fingerprint density at radius 3 is 2.62 bits per heavy atom. The van der Waals surface area contributed by atoms with Crippen LogP contribution in [0.25, 0.3) is 0 Å². The van der Waals surface area contributed by atoms with Crippen LogP contribution in [-0.4, -0.2) is 18.7 Å². The predicted octanol–water partition coefficient (Wildman–Crippen LogP) is 3.02. The maximum absolute atomic E-state index is 5.98. The Labute approximate surface area is 99.0 Å². The van der Waals surface area contributed by atoms with Crippen molar-refractivity contribution >= 4 is 0 Å². The van der Waals surface area contributed by atoms with Crippen molar-refractivity contribution in [2.24, 2.45) is 0 Å². The Bertz CT molecular complexity index is 320. The van der Waals surface area contributed by atoms with Gasteiger partial charge in [0.1, 0.15) is 11.4 Å². The largest absolute Gasteiger partial charge is 0.487 e. The molecular formula is C14H23NO. The molecule has 0 unspecified atom stereocenters. The van der Waals surface area contributed by atoms with E-state index in [1.54, 1.807) is 0 Å². The summed E-state index contributed by atoms with van der Waals surface area (Å²) in [5.41, 5.74) is 1.15. The lowest BCUT2D eigenvalue weighted by Gasteiger charge is -2.27. The summed E-state index contributed by atoms with van der Waals surface area (Å²) < 4.78 is 5.98. The van der Waals surface area contributed by atoms with Gasteiger partial charge in [0, 0.05) is 6.54 Å². The molecule has 0 spiro atoms. The second-order valence-corrected chi connectivity index (χ2v) is 4.64. The van der Waals surface area contributed by atoms with Crippen molar-refractivity contribution in [2.45, 2.75) is 39.7 Å². The molecule has 1 N–H and O–H groups in total. The summed E-state index contributed by atoms with van der Waals surface area (Å²) in [6.07, 6.45) is 1.05. The Kier molecular flexibility index (Phi) is 4.81. The predicted molar refractivity (Wildman–Crippen MR) is 69.1 cm³/mol. The second-order valence-electron chi connectivity index (χ2n) is 4.64. The van der Waals surface area contributed by atoms with Gasteiger partial charge < -0.3 is 10.1 Å². The highest BCUT2D eigenvalue weighted by molar-refractivity contribution is 5.29. The van der Waals surface area contributed by atoms with Crippen molar-refractivity contribution in [2.75, 3.05) is 13.1 Å². The maximum Gasteiger partial charge on any atom is 0.120 e. The highest BCUT2D eigenvalue weighted by Gasteiger charge is 2.18. The Hall–Kier alpha value is -1.02. The lowest BCUT2D eigenvalue weighted by molar-refractivity contribution is 0.109. The van der Waals surface area contributed by atoms with Gasteiger partial charge >= 0.3 is 0 Å². The molecule has 0 aliphatic rings. The molecular weight excluding hydrogens is 198 g/mol. The van der Waals surface area contributed by atoms with E-state index in [1.807, 2.05) is 6.07 Å². The molecule has 0 aromatic heterocycles. The highest BCUT2D eigenvalue weighted by atomic mass is 16.5. The maximum atomic E-state index is 5.98. The molecule has 0 saturated heterocycles. The lowest BCUT2D eigenvalue weighted by atomic mass is 10.1. The third kappa shape index (κ3) is 4.23. The zero-order valence-electron chi connectivity index (χ0n) is 10.8. The zero-order chi connectivity index (χ0) is 12.0. The molecule has 1 aromatic carbocycles. The SMILES string of the molecule is CCNCC(C)(C)Oc1cccc(CC)c1. The molecule has 0 fully saturated rings. The molecule has 0 atom stereocenters. The summed E-state index contributed by atoms with van der Waals surface area (Å²) in [5, 5.41) is 3.31. The van der Waals surface area contributed by atoms with Crippen LogP contribution in [0.15, 0.2) is 24.3 Å². The molecule has 0 saturated carbocycles. The van der Waals surface area contributed by atoms with Gasteiger partial charge in [0.25, 0.3) is 0 Å². The number of nitrogens with one attached hydrogen (secondary N) is 1. The van der Waals surface area contributed by atoms with E-state index in [1.165, 1.54) is 5.56 Å². The van der Waals surface area contributed by atoms with Crippen molar-refractivity contribution < 1.29 is 4.74 Å². The molecule has 0 aliphatic heterocycles. The molecule has 2 nitrogen and oxygen atoms in total. The summed E-state index contributed by atoms with van der Waals surface area (Å²) in [7, 11) is 0. The second kappa shape index (κ2) is 5.90. The Morgan fingerprint density at radius 1 is 1.25 bits per heavy atom. The van der Waals surface area contributed by atoms with E-state index in [4.69, 9.17) is 4.74 Å². The van der Waals surface area contributed by atoms with Gasteiger partial charge in [-0.1, -0.05) is 26.0 Å². The van der Waals surface area contributed by atoms with E-state index >= 15 is 0 Å². The third-order valence-corrected chi connectivity index (χ3v) is 2.50. The first kappa shape index (κ1) is 13.0. The van der Waals surface area contributed by atoms with E-state index in [0.29, 0.717) is 0 Å². The monoisotopic (exact) mass is 221 g/mol. The van der Waals surface area contributed by atoms with Crippen molar-refractivity contribution in [1.82, 2.24) is 5.32 Å². The Morgan fingerprint density at radius 2 is 2.00 bits per heavy atom. The average Bonchev–Trinajstić information content (AvgIpc) is 2.26. The van der Waals surface area contributed by atoms with Crippen molar-refractivity contribution in [3.63, 3.8) is 0 Å². The minimum absolute atomic E-state index is 0.164. The highest BCUT2D eigenvalue weighted by Crippen LogP contribution is 2.19. The van der Waals surface area contributed by atoms with Gasteiger partial charge in [-0.3, -0.25) is 0 Å². The van der Waals surface area contributed by atoms with Crippen LogP contribution in [0.4, 0.5) is 0 Å². The van der Waals surface area contributed by atoms with Gasteiger partial charge in [-0.05, 0) is 44.5 Å². The van der Waals surface area contributed by atoms with Crippen molar-refractivity contribution in [3.8, 4) is 5.75 Å². The van der Waals surface area contributed by atoms with Gasteiger partial charge in [-0.15, -0.1) is 0 Å². The molecule has 90 valence electrons.